The van der Waals surface area contributed by atoms with Gasteiger partial charge in [-0.25, -0.2) is 0 Å². The maximum Gasteiger partial charge on any atom is 0.502 e. The molecule has 0 spiro atoms. The van der Waals surface area contributed by atoms with Gasteiger partial charge in [-0.1, -0.05) is 71.1 Å². The van der Waals surface area contributed by atoms with E-state index in [-0.39, 0.29) is 130 Å². The maximum absolute atomic E-state index is 13.0. The zero-order valence-electron chi connectivity index (χ0n) is 51.0. The Labute approximate surface area is 519 Å². The van der Waals surface area contributed by atoms with Gasteiger partial charge in [0.05, 0.1) is 63.8 Å². The second kappa shape index (κ2) is 37.9. The Bertz CT molecular complexity index is 2420. The molecule has 0 aliphatic carbocycles. The predicted octanol–water partition coefficient (Wildman–Crippen LogP) is -1.49. The lowest BCUT2D eigenvalue weighted by Crippen LogP contribution is -2.60. The first-order valence-electron chi connectivity index (χ1n) is 30.1. The van der Waals surface area contributed by atoms with Crippen molar-refractivity contribution in [2.75, 3.05) is 180 Å². The molecule has 87 heavy (non-hydrogen) atoms. The molecule has 518 valence electrons. The summed E-state index contributed by atoms with van der Waals surface area (Å²) in [5.74, 6) is -6.08. The van der Waals surface area contributed by atoms with Gasteiger partial charge in [0, 0.05) is 130 Å². The summed E-state index contributed by atoms with van der Waals surface area (Å²) in [6.07, 6.45) is 4.79. The lowest BCUT2D eigenvalue weighted by molar-refractivity contribution is -0.890. The van der Waals surface area contributed by atoms with Crippen LogP contribution in [0.2, 0.25) is 6.04 Å². The van der Waals surface area contributed by atoms with Crippen LogP contribution in [0.3, 0.4) is 0 Å². The number of hydrogen-bond acceptors (Lipinski definition) is 24. The molecule has 0 radical (unpaired) electrons. The Balaban J connectivity index is 2.10. The SMILES string of the molecule is CCCCCCCCCCCCCC[N+](C)(C)CCC[Si](OC(CN1CCN(CC(O)CS(=O)(=O)O)CC1)CS(=O)(=O)O)(OC(CN1CCN(CC(O)CS(=O)(=O)O)CC1)CS(=O)(=O)O)OC(CN1CCN(CC(O)CS(=O)(=O)O)CC1)CS(=O)(=O)O. The normalized spacial score (nSPS) is 20.7. The van der Waals surface area contributed by atoms with E-state index >= 15 is 0 Å². The van der Waals surface area contributed by atoms with E-state index in [4.69, 9.17) is 13.3 Å². The third-order valence-corrected chi connectivity index (χ3v) is 23.3. The molecule has 3 rings (SSSR count). The number of unbranched alkanes of at least 4 members (excludes halogenated alkanes) is 11. The highest BCUT2D eigenvalue weighted by Gasteiger charge is 2.50. The van der Waals surface area contributed by atoms with Crippen LogP contribution in [0.25, 0.3) is 0 Å². The Hall–Kier alpha value is -0.843. The molecule has 0 saturated carbocycles. The van der Waals surface area contributed by atoms with Gasteiger partial charge in [0.1, 0.15) is 34.5 Å². The Morgan fingerprint density at radius 1 is 0.345 bits per heavy atom. The van der Waals surface area contributed by atoms with Crippen LogP contribution in [0, 0.1) is 0 Å². The third-order valence-electron chi connectivity index (χ3n) is 15.5. The van der Waals surface area contributed by atoms with Crippen LogP contribution in [0.5, 0.6) is 0 Å². The van der Waals surface area contributed by atoms with Crippen LogP contribution in [-0.4, -0.2) is 352 Å². The molecule has 6 unspecified atom stereocenters. The van der Waals surface area contributed by atoms with Crippen molar-refractivity contribution < 1.29 is 111 Å². The van der Waals surface area contributed by atoms with Crippen LogP contribution >= 0.6 is 0 Å². The second-order valence-corrected chi connectivity index (χ2v) is 36.1. The Kier molecular flexibility index (Phi) is 35.0. The molecule has 0 bridgehead atoms. The molecule has 0 aromatic rings. The van der Waals surface area contributed by atoms with Crippen molar-refractivity contribution in [3.05, 3.63) is 0 Å². The van der Waals surface area contributed by atoms with Gasteiger partial charge in [0.15, 0.2) is 0 Å². The predicted molar refractivity (Wildman–Crippen MR) is 328 cm³/mol. The number of nitrogens with zero attached hydrogens (tertiary/aromatic N) is 7. The molecule has 0 aromatic heterocycles. The van der Waals surface area contributed by atoms with Crippen molar-refractivity contribution in [2.45, 2.75) is 133 Å². The first kappa shape index (κ1) is 80.4. The summed E-state index contributed by atoms with van der Waals surface area (Å²) >= 11 is 0. The van der Waals surface area contributed by atoms with Crippen molar-refractivity contribution in [2.24, 2.45) is 0 Å². The number of piperazine rings is 3. The molecule has 3 fully saturated rings. The largest absolute Gasteiger partial charge is 0.502 e. The van der Waals surface area contributed by atoms with Crippen molar-refractivity contribution in [1.82, 2.24) is 29.4 Å². The van der Waals surface area contributed by atoms with Crippen LogP contribution in [0.15, 0.2) is 0 Å². The van der Waals surface area contributed by atoms with Gasteiger partial charge >= 0.3 is 8.80 Å². The van der Waals surface area contributed by atoms with E-state index in [0.29, 0.717) is 17.6 Å². The van der Waals surface area contributed by atoms with Crippen LogP contribution < -0.4 is 0 Å². The minimum atomic E-state index is -4.97. The van der Waals surface area contributed by atoms with E-state index in [2.05, 4.69) is 6.92 Å². The van der Waals surface area contributed by atoms with Gasteiger partial charge in [-0.3, -0.25) is 56.7 Å². The van der Waals surface area contributed by atoms with E-state index in [1.807, 2.05) is 14.1 Å². The Morgan fingerprint density at radius 2 is 0.563 bits per heavy atom. The molecule has 38 heteroatoms. The highest BCUT2D eigenvalue weighted by Crippen LogP contribution is 2.29. The van der Waals surface area contributed by atoms with Gasteiger partial charge in [-0.2, -0.15) is 50.5 Å². The zero-order chi connectivity index (χ0) is 65.3. The first-order chi connectivity index (χ1) is 40.2. The minimum absolute atomic E-state index is 0.148. The molecule has 0 aromatic carbocycles. The maximum atomic E-state index is 13.0. The fraction of sp³-hybridized carbons (Fsp3) is 1.00. The summed E-state index contributed by atoms with van der Waals surface area (Å²) in [7, 11) is -29.4. The summed E-state index contributed by atoms with van der Waals surface area (Å²) in [6, 6.07) is -0.253. The summed E-state index contributed by atoms with van der Waals surface area (Å²) in [5.41, 5.74) is 0. The van der Waals surface area contributed by atoms with E-state index in [0.717, 1.165) is 32.1 Å². The van der Waals surface area contributed by atoms with Crippen molar-refractivity contribution >= 4 is 69.5 Å². The number of quaternary nitrogens is 1. The van der Waals surface area contributed by atoms with E-state index in [1.165, 1.54) is 44.9 Å². The topological polar surface area (TPSA) is 434 Å². The number of rotatable bonds is 47. The number of aliphatic hydroxyl groups excluding tert-OH is 3. The van der Waals surface area contributed by atoms with Gasteiger partial charge < -0.3 is 33.1 Å². The Morgan fingerprint density at radius 3 is 0.805 bits per heavy atom. The molecule has 9 N–H and O–H groups in total. The number of β-amino-alcohol motifs (C(OH)–C–C–N with tert-alkyl or cyclic N) is 3. The molecular weight excluding hydrogens is 1290 g/mol. The highest BCUT2D eigenvalue weighted by molar-refractivity contribution is 7.87. The highest BCUT2D eigenvalue weighted by atomic mass is 32.2. The average Bonchev–Trinajstić information content (AvgIpc) is 1.70. The molecule has 31 nitrogen and oxygen atoms in total. The summed E-state index contributed by atoms with van der Waals surface area (Å²) in [4.78, 5) is 10.3. The molecule has 0 amide bonds. The van der Waals surface area contributed by atoms with Crippen LogP contribution in [0.1, 0.15) is 90.4 Å². The van der Waals surface area contributed by atoms with Crippen molar-refractivity contribution in [3.63, 3.8) is 0 Å². The van der Waals surface area contributed by atoms with E-state index in [9.17, 15) is 93.1 Å². The van der Waals surface area contributed by atoms with Gasteiger partial charge in [0.25, 0.3) is 60.7 Å². The molecule has 6 atom stereocenters. The van der Waals surface area contributed by atoms with E-state index < -0.39 is 141 Å². The number of aliphatic hydroxyl groups is 3. The summed E-state index contributed by atoms with van der Waals surface area (Å²) < 4.78 is 228. The first-order valence-corrected chi connectivity index (χ1v) is 41.7. The molecule has 3 heterocycles. The van der Waals surface area contributed by atoms with Gasteiger partial charge in [-0.05, 0) is 12.8 Å². The standard InChI is InChI=1S/C49H103N7O24S6Si/c1-4-5-6-7-8-9-10-11-12-13-14-15-29-56(2,3)30-16-31-87(78-47(41-84(69,70)71)35-53-23-17-50(18-24-53)32-44(57)38-81(60,61)62,79-48(42-85(72,73)74)36-54-25-19-51(20-26-54)33-45(58)39-82(63,64)65)80-49(43-86(75,76)77)37-55-27-21-52(22-28-55)34-46(59)40-83(66,67)68/h44-49,57-59H,4-43H2,1-3H3,(H5-,60,61,62,63,64,65,66,67,68,69,70,71,72,73,74,75,76,77)/p+1. The molecule has 3 saturated heterocycles. The molecular formula is C49H104N7O24S6Si+. The van der Waals surface area contributed by atoms with Gasteiger partial charge in [-0.15, -0.1) is 0 Å². The van der Waals surface area contributed by atoms with Crippen LogP contribution in [-0.2, 0) is 74.0 Å². The smallest absolute Gasteiger partial charge is 0.391 e. The fourth-order valence-electron chi connectivity index (χ4n) is 11.4. The summed E-state index contributed by atoms with van der Waals surface area (Å²) in [6.45, 7) is 4.05. The molecule has 3 aliphatic heterocycles. The summed E-state index contributed by atoms with van der Waals surface area (Å²) in [5, 5.41) is 31.1. The van der Waals surface area contributed by atoms with Crippen LogP contribution in [0.4, 0.5) is 0 Å². The number of hydrogen-bond donors (Lipinski definition) is 9. The third kappa shape index (κ3) is 40.1. The van der Waals surface area contributed by atoms with E-state index in [1.54, 1.807) is 29.4 Å². The monoisotopic (exact) mass is 1390 g/mol. The lowest BCUT2D eigenvalue weighted by Gasteiger charge is -2.43. The quantitative estimate of drug-likeness (QED) is 0.0145. The van der Waals surface area contributed by atoms with Crippen molar-refractivity contribution in [3.8, 4) is 0 Å². The minimum Gasteiger partial charge on any atom is -0.391 e. The zero-order valence-corrected chi connectivity index (χ0v) is 56.9. The average molecular weight is 1400 g/mol. The lowest BCUT2D eigenvalue weighted by atomic mass is 10.1. The molecule has 3 aliphatic rings. The van der Waals surface area contributed by atoms with Crippen molar-refractivity contribution in [1.29, 1.82) is 0 Å². The second-order valence-electron chi connectivity index (χ2n) is 24.5. The van der Waals surface area contributed by atoms with Gasteiger partial charge in [0.2, 0.25) is 0 Å². The fourth-order valence-corrected chi connectivity index (χ4v) is 18.6.